The number of rotatable bonds is 4. The molecule has 0 aliphatic carbocycles. The highest BCUT2D eigenvalue weighted by Gasteiger charge is 2.08. The number of anilines is 2. The molecule has 0 saturated heterocycles. The highest BCUT2D eigenvalue weighted by molar-refractivity contribution is 7.92. The van der Waals surface area contributed by atoms with Crippen molar-refractivity contribution in [3.63, 3.8) is 0 Å². The number of carbonyl (C=O) groups excluding carboxylic acids is 1. The second-order valence-corrected chi connectivity index (χ2v) is 5.48. The van der Waals surface area contributed by atoms with Crippen LogP contribution in [-0.2, 0) is 14.8 Å². The van der Waals surface area contributed by atoms with E-state index in [4.69, 9.17) is 5.73 Å². The molecule has 0 heterocycles. The minimum Gasteiger partial charge on any atom is -0.325 e. The SMILES string of the molecule is C[C@@H](N)C(=O)Nc1cccc(NS(C)(=O)=O)c1. The van der Waals surface area contributed by atoms with Crippen LogP contribution in [0.5, 0.6) is 0 Å². The Morgan fingerprint density at radius 1 is 1.35 bits per heavy atom. The van der Waals surface area contributed by atoms with Crippen molar-refractivity contribution in [1.82, 2.24) is 0 Å². The summed E-state index contributed by atoms with van der Waals surface area (Å²) in [5.41, 5.74) is 6.27. The van der Waals surface area contributed by atoms with E-state index in [1.54, 1.807) is 25.1 Å². The summed E-state index contributed by atoms with van der Waals surface area (Å²) in [6, 6.07) is 5.75. The molecule has 94 valence electrons. The number of hydrogen-bond acceptors (Lipinski definition) is 4. The summed E-state index contributed by atoms with van der Waals surface area (Å²) in [4.78, 5) is 11.3. The third-order valence-corrected chi connectivity index (χ3v) is 2.45. The molecule has 17 heavy (non-hydrogen) atoms. The van der Waals surface area contributed by atoms with E-state index in [2.05, 4.69) is 10.0 Å². The molecule has 0 unspecified atom stereocenters. The highest BCUT2D eigenvalue weighted by atomic mass is 32.2. The molecule has 0 saturated carbocycles. The van der Waals surface area contributed by atoms with Gasteiger partial charge in [0.15, 0.2) is 0 Å². The molecule has 1 atom stereocenters. The van der Waals surface area contributed by atoms with Gasteiger partial charge in [-0.1, -0.05) is 6.07 Å². The van der Waals surface area contributed by atoms with E-state index in [1.165, 1.54) is 6.07 Å². The van der Waals surface area contributed by atoms with Crippen molar-refractivity contribution < 1.29 is 13.2 Å². The van der Waals surface area contributed by atoms with E-state index in [-0.39, 0.29) is 5.91 Å². The molecule has 0 radical (unpaired) electrons. The van der Waals surface area contributed by atoms with E-state index in [1.807, 2.05) is 0 Å². The lowest BCUT2D eigenvalue weighted by Gasteiger charge is -2.09. The molecule has 0 fully saturated rings. The maximum atomic E-state index is 11.3. The van der Waals surface area contributed by atoms with E-state index in [0.29, 0.717) is 11.4 Å². The van der Waals surface area contributed by atoms with Crippen LogP contribution in [0.15, 0.2) is 24.3 Å². The third-order valence-electron chi connectivity index (χ3n) is 1.85. The van der Waals surface area contributed by atoms with Gasteiger partial charge in [0, 0.05) is 5.69 Å². The van der Waals surface area contributed by atoms with Gasteiger partial charge < -0.3 is 11.1 Å². The van der Waals surface area contributed by atoms with Crippen molar-refractivity contribution in [3.8, 4) is 0 Å². The predicted octanol–water partition coefficient (Wildman–Crippen LogP) is 0.344. The van der Waals surface area contributed by atoms with Crippen molar-refractivity contribution in [2.75, 3.05) is 16.3 Å². The number of amides is 1. The molecule has 0 aliphatic heterocycles. The number of nitrogens with one attached hydrogen (secondary N) is 2. The molecule has 1 amide bonds. The monoisotopic (exact) mass is 257 g/mol. The lowest BCUT2D eigenvalue weighted by molar-refractivity contribution is -0.117. The van der Waals surface area contributed by atoms with Gasteiger partial charge in [0.2, 0.25) is 15.9 Å². The van der Waals surface area contributed by atoms with Gasteiger partial charge in [-0.2, -0.15) is 0 Å². The Labute approximate surface area is 100 Å². The van der Waals surface area contributed by atoms with Gasteiger partial charge in [0.25, 0.3) is 0 Å². The molecule has 7 heteroatoms. The van der Waals surface area contributed by atoms with Crippen LogP contribution in [-0.4, -0.2) is 26.6 Å². The number of nitrogens with two attached hydrogens (primary N) is 1. The first-order chi connectivity index (χ1) is 7.78. The van der Waals surface area contributed by atoms with E-state index in [9.17, 15) is 13.2 Å². The maximum absolute atomic E-state index is 11.3. The number of sulfonamides is 1. The molecule has 0 spiro atoms. The number of carbonyl (C=O) groups is 1. The van der Waals surface area contributed by atoms with Crippen molar-refractivity contribution in [2.24, 2.45) is 5.73 Å². The van der Waals surface area contributed by atoms with Gasteiger partial charge in [-0.25, -0.2) is 8.42 Å². The standard InChI is InChI=1S/C10H15N3O3S/c1-7(11)10(14)12-8-4-3-5-9(6-8)13-17(2,15)16/h3-7,13H,11H2,1-2H3,(H,12,14)/t7-/m1/s1. The van der Waals surface area contributed by atoms with Crippen LogP contribution in [0.1, 0.15) is 6.92 Å². The largest absolute Gasteiger partial charge is 0.325 e. The molecule has 1 aromatic rings. The normalized spacial score (nSPS) is 12.9. The summed E-state index contributed by atoms with van der Waals surface area (Å²) >= 11 is 0. The molecule has 1 aromatic carbocycles. The molecule has 4 N–H and O–H groups in total. The summed E-state index contributed by atoms with van der Waals surface area (Å²) < 4.78 is 24.4. The first-order valence-corrected chi connectivity index (χ1v) is 6.81. The fourth-order valence-corrected chi connectivity index (χ4v) is 1.69. The fraction of sp³-hybridized carbons (Fsp3) is 0.300. The average molecular weight is 257 g/mol. The van der Waals surface area contributed by atoms with Gasteiger partial charge in [0.1, 0.15) is 0 Å². The first kappa shape index (κ1) is 13.5. The average Bonchev–Trinajstić information content (AvgIpc) is 2.15. The number of hydrogen-bond donors (Lipinski definition) is 3. The van der Waals surface area contributed by atoms with E-state index in [0.717, 1.165) is 6.26 Å². The lowest BCUT2D eigenvalue weighted by atomic mass is 10.2. The minimum absolute atomic E-state index is 0.332. The van der Waals surface area contributed by atoms with Crippen molar-refractivity contribution in [2.45, 2.75) is 13.0 Å². The Morgan fingerprint density at radius 3 is 2.47 bits per heavy atom. The molecular formula is C10H15N3O3S. The highest BCUT2D eigenvalue weighted by Crippen LogP contribution is 2.16. The second-order valence-electron chi connectivity index (χ2n) is 3.73. The van der Waals surface area contributed by atoms with Crippen LogP contribution in [0.4, 0.5) is 11.4 Å². The minimum atomic E-state index is -3.33. The lowest BCUT2D eigenvalue weighted by Crippen LogP contribution is -2.32. The van der Waals surface area contributed by atoms with Crippen molar-refractivity contribution in [1.29, 1.82) is 0 Å². The van der Waals surface area contributed by atoms with E-state index >= 15 is 0 Å². The summed E-state index contributed by atoms with van der Waals surface area (Å²) in [7, 11) is -3.33. The van der Waals surface area contributed by atoms with Gasteiger partial charge in [-0.05, 0) is 25.1 Å². The molecular weight excluding hydrogens is 242 g/mol. The van der Waals surface area contributed by atoms with Crippen LogP contribution < -0.4 is 15.8 Å². The first-order valence-electron chi connectivity index (χ1n) is 4.92. The summed E-state index contributed by atoms with van der Waals surface area (Å²) in [5, 5.41) is 2.57. The van der Waals surface area contributed by atoms with E-state index < -0.39 is 16.1 Å². The van der Waals surface area contributed by atoms with Gasteiger partial charge in [0.05, 0.1) is 18.0 Å². The van der Waals surface area contributed by atoms with Gasteiger partial charge in [-0.15, -0.1) is 0 Å². The Morgan fingerprint density at radius 2 is 1.94 bits per heavy atom. The van der Waals surface area contributed by atoms with Crippen LogP contribution in [0.3, 0.4) is 0 Å². The zero-order valence-corrected chi connectivity index (χ0v) is 10.4. The zero-order chi connectivity index (χ0) is 13.1. The second kappa shape index (κ2) is 5.15. The summed E-state index contributed by atoms with van der Waals surface area (Å²) in [6.45, 7) is 1.56. The maximum Gasteiger partial charge on any atom is 0.240 e. The molecule has 0 bridgehead atoms. The van der Waals surface area contributed by atoms with Crippen molar-refractivity contribution >= 4 is 27.3 Å². The third kappa shape index (κ3) is 4.83. The molecule has 0 aromatic heterocycles. The quantitative estimate of drug-likeness (QED) is 0.724. The smallest absolute Gasteiger partial charge is 0.240 e. The van der Waals surface area contributed by atoms with Gasteiger partial charge in [-0.3, -0.25) is 9.52 Å². The van der Waals surface area contributed by atoms with Crippen LogP contribution >= 0.6 is 0 Å². The molecule has 0 aliphatic rings. The van der Waals surface area contributed by atoms with Gasteiger partial charge >= 0.3 is 0 Å². The summed E-state index contributed by atoms with van der Waals surface area (Å²) in [5.74, 6) is -0.332. The van der Waals surface area contributed by atoms with Crippen LogP contribution in [0.25, 0.3) is 0 Å². The Kier molecular flexibility index (Phi) is 4.08. The number of benzene rings is 1. The van der Waals surface area contributed by atoms with Crippen molar-refractivity contribution in [3.05, 3.63) is 24.3 Å². The molecule has 1 rings (SSSR count). The Hall–Kier alpha value is -1.60. The van der Waals surface area contributed by atoms with Crippen LogP contribution in [0, 0.1) is 0 Å². The fourth-order valence-electron chi connectivity index (χ4n) is 1.13. The zero-order valence-electron chi connectivity index (χ0n) is 9.60. The Balaban J connectivity index is 2.83. The topological polar surface area (TPSA) is 101 Å². The molecule has 6 nitrogen and oxygen atoms in total. The summed E-state index contributed by atoms with van der Waals surface area (Å²) in [6.07, 6.45) is 1.06. The predicted molar refractivity (Wildman–Crippen MR) is 67.2 cm³/mol. The van der Waals surface area contributed by atoms with Crippen LogP contribution in [0.2, 0.25) is 0 Å². The Bertz CT molecular complexity index is 511.